The first-order chi connectivity index (χ1) is 19.9. The van der Waals surface area contributed by atoms with Gasteiger partial charge < -0.3 is 5.73 Å². The molecule has 0 bridgehead atoms. The SMILES string of the molecule is C[Si](C)(C)CN.Cc1cc(C)c(-c2cccc(Br)n2)c(C)c1.Cc1cc(C)c(-c2cccc(CC[Si](C)(C)C)n2)c(C)c1. The minimum Gasteiger partial charge on any atom is -0.333 e. The minimum absolute atomic E-state index is 0.853. The summed E-state index contributed by atoms with van der Waals surface area (Å²) in [5, 5.41) is 0. The van der Waals surface area contributed by atoms with E-state index in [1.807, 2.05) is 12.1 Å². The molecule has 0 amide bonds. The fraction of sp³-hybridized carbons (Fsp3) is 0.405. The molecule has 0 aliphatic carbocycles. The van der Waals surface area contributed by atoms with Crippen molar-refractivity contribution in [1.29, 1.82) is 0 Å². The third-order valence-electron chi connectivity index (χ3n) is 7.13. The highest BCUT2D eigenvalue weighted by Crippen LogP contribution is 2.29. The van der Waals surface area contributed by atoms with Gasteiger partial charge in [-0.2, -0.15) is 0 Å². The van der Waals surface area contributed by atoms with Crippen LogP contribution in [0, 0.1) is 41.5 Å². The number of rotatable bonds is 6. The van der Waals surface area contributed by atoms with Crippen LogP contribution in [0.2, 0.25) is 45.3 Å². The van der Waals surface area contributed by atoms with E-state index in [1.165, 1.54) is 56.2 Å². The summed E-state index contributed by atoms with van der Waals surface area (Å²) in [5.41, 5.74) is 19.1. The van der Waals surface area contributed by atoms with E-state index in [0.29, 0.717) is 0 Å². The van der Waals surface area contributed by atoms with Crippen LogP contribution in [0.3, 0.4) is 0 Å². The molecule has 0 saturated carbocycles. The molecule has 2 heterocycles. The van der Waals surface area contributed by atoms with Gasteiger partial charge in [0.2, 0.25) is 0 Å². The van der Waals surface area contributed by atoms with Crippen molar-refractivity contribution in [3.8, 4) is 22.5 Å². The maximum atomic E-state index is 5.37. The van der Waals surface area contributed by atoms with E-state index >= 15 is 0 Å². The fourth-order valence-electron chi connectivity index (χ4n) is 4.98. The highest BCUT2D eigenvalue weighted by molar-refractivity contribution is 9.10. The molecule has 4 aromatic rings. The van der Waals surface area contributed by atoms with Crippen LogP contribution in [0.5, 0.6) is 0 Å². The molecule has 43 heavy (non-hydrogen) atoms. The van der Waals surface area contributed by atoms with Gasteiger partial charge in [-0.3, -0.25) is 4.98 Å². The zero-order chi connectivity index (χ0) is 32.5. The smallest absolute Gasteiger partial charge is 0.106 e. The van der Waals surface area contributed by atoms with E-state index in [9.17, 15) is 0 Å². The lowest BCUT2D eigenvalue weighted by Crippen LogP contribution is -2.31. The van der Waals surface area contributed by atoms with E-state index in [0.717, 1.165) is 28.6 Å². The number of pyridine rings is 2. The van der Waals surface area contributed by atoms with Crippen molar-refractivity contribution >= 4 is 32.1 Å². The summed E-state index contributed by atoms with van der Waals surface area (Å²) >= 11 is 3.41. The van der Waals surface area contributed by atoms with Gasteiger partial charge in [-0.25, -0.2) is 4.98 Å². The van der Waals surface area contributed by atoms with Crippen LogP contribution in [0.1, 0.15) is 39.1 Å². The number of aryl methyl sites for hydroxylation is 7. The largest absolute Gasteiger partial charge is 0.333 e. The Morgan fingerprint density at radius 2 is 1.00 bits per heavy atom. The van der Waals surface area contributed by atoms with Crippen molar-refractivity contribution in [2.45, 2.75) is 93.3 Å². The number of nitrogens with zero attached hydrogens (tertiary/aromatic N) is 2. The van der Waals surface area contributed by atoms with Gasteiger partial charge in [0, 0.05) is 24.9 Å². The summed E-state index contributed by atoms with van der Waals surface area (Å²) in [6, 6.07) is 22.7. The van der Waals surface area contributed by atoms with Crippen LogP contribution >= 0.6 is 15.9 Å². The maximum absolute atomic E-state index is 5.37. The quantitative estimate of drug-likeness (QED) is 0.163. The summed E-state index contributed by atoms with van der Waals surface area (Å²) in [6.45, 7) is 27.0. The van der Waals surface area contributed by atoms with Crippen molar-refractivity contribution in [3.63, 3.8) is 0 Å². The lowest BCUT2D eigenvalue weighted by molar-refractivity contribution is 1.01. The molecule has 0 fully saturated rings. The van der Waals surface area contributed by atoms with E-state index in [-0.39, 0.29) is 0 Å². The Bertz CT molecular complexity index is 1450. The summed E-state index contributed by atoms with van der Waals surface area (Å²) < 4.78 is 0.879. The van der Waals surface area contributed by atoms with Gasteiger partial charge in [-0.15, -0.1) is 0 Å². The Kier molecular flexibility index (Phi) is 13.8. The third-order valence-corrected chi connectivity index (χ3v) is 10.5. The molecule has 2 N–H and O–H groups in total. The molecule has 0 aliphatic rings. The summed E-state index contributed by atoms with van der Waals surface area (Å²) in [4.78, 5) is 9.43. The summed E-state index contributed by atoms with van der Waals surface area (Å²) in [6.07, 6.45) is 2.01. The second-order valence-corrected chi connectivity index (χ2v) is 26.2. The second kappa shape index (κ2) is 16.1. The second-order valence-electron chi connectivity index (χ2n) is 14.2. The molecule has 3 nitrogen and oxygen atoms in total. The molecular weight excluding hydrogens is 623 g/mol. The van der Waals surface area contributed by atoms with Crippen LogP contribution < -0.4 is 5.73 Å². The Hall–Kier alpha value is -2.39. The molecule has 6 heteroatoms. The molecule has 0 unspecified atom stereocenters. The molecule has 0 radical (unpaired) electrons. The molecule has 0 spiro atoms. The molecule has 2 aromatic carbocycles. The van der Waals surface area contributed by atoms with Gasteiger partial charge in [0.15, 0.2) is 0 Å². The van der Waals surface area contributed by atoms with Gasteiger partial charge in [0.1, 0.15) is 4.60 Å². The van der Waals surface area contributed by atoms with Crippen LogP contribution in [0.15, 0.2) is 65.3 Å². The molecule has 0 aliphatic heterocycles. The van der Waals surface area contributed by atoms with Crippen LogP contribution in [-0.4, -0.2) is 32.3 Å². The van der Waals surface area contributed by atoms with Crippen molar-refractivity contribution in [3.05, 3.63) is 104 Å². The van der Waals surface area contributed by atoms with Crippen molar-refractivity contribution < 1.29 is 0 Å². The Morgan fingerprint density at radius 1 is 0.605 bits per heavy atom. The highest BCUT2D eigenvalue weighted by Gasteiger charge is 2.14. The van der Waals surface area contributed by atoms with E-state index in [4.69, 9.17) is 10.7 Å². The highest BCUT2D eigenvalue weighted by atomic mass is 79.9. The third kappa shape index (κ3) is 12.6. The van der Waals surface area contributed by atoms with Gasteiger partial charge in [0.25, 0.3) is 0 Å². The number of benzene rings is 2. The number of hydrogen-bond donors (Lipinski definition) is 1. The fourth-order valence-corrected chi connectivity index (χ4v) is 6.33. The van der Waals surface area contributed by atoms with E-state index in [1.54, 1.807) is 0 Å². The Labute approximate surface area is 272 Å². The normalized spacial score (nSPS) is 11.3. The maximum Gasteiger partial charge on any atom is 0.106 e. The molecular formula is C37H54BrN3Si2. The topological polar surface area (TPSA) is 51.8 Å². The number of halogens is 1. The molecule has 2 aromatic heterocycles. The Balaban J connectivity index is 0.000000259. The molecule has 0 atom stereocenters. The minimum atomic E-state index is -1.01. The molecule has 0 saturated heterocycles. The average molecular weight is 677 g/mol. The first kappa shape index (κ1) is 36.8. The average Bonchev–Trinajstić information content (AvgIpc) is 2.87. The number of aromatic nitrogens is 2. The first-order valence-electron chi connectivity index (χ1n) is 15.3. The summed E-state index contributed by atoms with van der Waals surface area (Å²) in [5.74, 6) is 0. The Morgan fingerprint density at radius 3 is 1.37 bits per heavy atom. The van der Waals surface area contributed by atoms with E-state index < -0.39 is 16.1 Å². The molecule has 4 rings (SSSR count). The lowest BCUT2D eigenvalue weighted by atomic mass is 9.97. The monoisotopic (exact) mass is 675 g/mol. The zero-order valence-corrected chi connectivity index (χ0v) is 32.3. The molecule has 232 valence electrons. The van der Waals surface area contributed by atoms with Crippen molar-refractivity contribution in [2.24, 2.45) is 5.73 Å². The van der Waals surface area contributed by atoms with Crippen molar-refractivity contribution in [1.82, 2.24) is 9.97 Å². The zero-order valence-electron chi connectivity index (χ0n) is 28.7. The van der Waals surface area contributed by atoms with E-state index in [2.05, 4.69) is 150 Å². The van der Waals surface area contributed by atoms with Gasteiger partial charge in [-0.1, -0.05) is 92.9 Å². The number of nitrogens with two attached hydrogens (primary N) is 1. The standard InChI is InChI=1S/C19H27NSi.C14H14BrN.C4H13NSi/c1-14-12-15(2)19(16(3)13-14)18-9-7-8-17(20-18)10-11-21(4,5)6;1-9-7-10(2)14(11(3)8-9)12-5-4-6-13(15)16-12;1-6(2,3)4-5/h7-9,12-13H,10-11H2,1-6H3;4-8H,1-3H3;4-5H2,1-3H3. The number of hydrogen-bond acceptors (Lipinski definition) is 3. The van der Waals surface area contributed by atoms with Crippen LogP contribution in [-0.2, 0) is 6.42 Å². The van der Waals surface area contributed by atoms with Crippen molar-refractivity contribution in [2.75, 3.05) is 6.17 Å². The first-order valence-corrected chi connectivity index (χ1v) is 23.6. The van der Waals surface area contributed by atoms with Gasteiger partial charge in [0.05, 0.1) is 19.5 Å². The lowest BCUT2D eigenvalue weighted by Gasteiger charge is -2.16. The summed E-state index contributed by atoms with van der Waals surface area (Å²) in [7, 11) is -1.86. The van der Waals surface area contributed by atoms with Gasteiger partial charge >= 0.3 is 0 Å². The van der Waals surface area contributed by atoms with Crippen LogP contribution in [0.4, 0.5) is 0 Å². The van der Waals surface area contributed by atoms with Crippen LogP contribution in [0.25, 0.3) is 22.5 Å². The predicted molar refractivity (Wildman–Crippen MR) is 200 cm³/mol. The van der Waals surface area contributed by atoms with Gasteiger partial charge in [-0.05, 0) is 117 Å². The predicted octanol–water partition coefficient (Wildman–Crippen LogP) is 10.8.